The molecule has 0 saturated heterocycles. The number of hydrogen-bond donors (Lipinski definition) is 1. The third-order valence-corrected chi connectivity index (χ3v) is 5.74. The molecule has 154 valence electrons. The fourth-order valence-electron chi connectivity index (χ4n) is 4.04. The van der Waals surface area contributed by atoms with Crippen LogP contribution in [0.1, 0.15) is 36.9 Å². The van der Waals surface area contributed by atoms with Crippen molar-refractivity contribution in [3.8, 4) is 6.01 Å². The highest BCUT2D eigenvalue weighted by Gasteiger charge is 2.51. The lowest BCUT2D eigenvalue weighted by Crippen LogP contribution is -2.47. The summed E-state index contributed by atoms with van der Waals surface area (Å²) >= 11 is 0. The maximum absolute atomic E-state index is 13.5. The number of carbonyl (C=O) groups is 1. The molecular weight excluding hydrogens is 392 g/mol. The van der Waals surface area contributed by atoms with Crippen molar-refractivity contribution in [3.63, 3.8) is 0 Å². The number of carboxylic acids is 1. The van der Waals surface area contributed by atoms with Gasteiger partial charge in [-0.2, -0.15) is 0 Å². The maximum atomic E-state index is 13.5. The largest absolute Gasteiger partial charge is 0.481 e. The number of aromatic nitrogens is 3. The third kappa shape index (κ3) is 3.60. The van der Waals surface area contributed by atoms with Crippen LogP contribution in [0.2, 0.25) is 0 Å². The predicted molar refractivity (Wildman–Crippen MR) is 103 cm³/mol. The van der Waals surface area contributed by atoms with Gasteiger partial charge >= 0.3 is 12.0 Å². The number of nitrogens with zero attached hydrogens (tertiary/aromatic N) is 3. The van der Waals surface area contributed by atoms with Crippen LogP contribution in [0.5, 0.6) is 6.01 Å². The molecule has 1 aromatic carbocycles. The Bertz CT molecular complexity index is 1020. The van der Waals surface area contributed by atoms with E-state index in [-0.39, 0.29) is 31.7 Å². The minimum atomic E-state index is -1.18. The minimum Gasteiger partial charge on any atom is -0.481 e. The Kier molecular flexibility index (Phi) is 5.15. The fraction of sp³-hybridized carbons (Fsp3) is 0.273. The van der Waals surface area contributed by atoms with Gasteiger partial charge < -0.3 is 9.84 Å². The zero-order chi connectivity index (χ0) is 21.2. The van der Waals surface area contributed by atoms with Crippen molar-refractivity contribution >= 4 is 5.97 Å². The number of pyridine rings is 1. The molecule has 1 aliphatic rings. The average molecular weight is 411 g/mol. The third-order valence-electron chi connectivity index (χ3n) is 5.74. The molecule has 0 spiro atoms. The summed E-state index contributed by atoms with van der Waals surface area (Å²) in [6, 6.07) is 10.1. The summed E-state index contributed by atoms with van der Waals surface area (Å²) in [4.78, 5) is 24.7. The first-order valence-electron chi connectivity index (χ1n) is 9.51. The molecule has 1 fully saturated rings. The van der Waals surface area contributed by atoms with Crippen LogP contribution in [0.15, 0.2) is 61.1 Å². The second kappa shape index (κ2) is 7.78. The van der Waals surface area contributed by atoms with Gasteiger partial charge in [0.05, 0.1) is 17.3 Å². The van der Waals surface area contributed by atoms with Crippen molar-refractivity contribution in [1.82, 2.24) is 15.0 Å². The molecule has 2 heterocycles. The number of benzene rings is 1. The quantitative estimate of drug-likeness (QED) is 0.683. The van der Waals surface area contributed by atoms with E-state index in [4.69, 9.17) is 4.74 Å². The highest BCUT2D eigenvalue weighted by Crippen LogP contribution is 2.48. The monoisotopic (exact) mass is 411 g/mol. The van der Waals surface area contributed by atoms with Gasteiger partial charge in [-0.05, 0) is 61.6 Å². The second-order valence-corrected chi connectivity index (χ2v) is 7.38. The molecule has 30 heavy (non-hydrogen) atoms. The van der Waals surface area contributed by atoms with Gasteiger partial charge in [0, 0.05) is 12.4 Å². The first kappa shape index (κ1) is 19.9. The summed E-state index contributed by atoms with van der Waals surface area (Å²) in [7, 11) is 0. The Morgan fingerprint density at radius 3 is 2.10 bits per heavy atom. The van der Waals surface area contributed by atoms with Crippen LogP contribution in [0.25, 0.3) is 0 Å². The van der Waals surface area contributed by atoms with Gasteiger partial charge in [0.1, 0.15) is 11.6 Å². The number of ether oxygens (including phenoxy) is 1. The molecule has 0 atom stereocenters. The van der Waals surface area contributed by atoms with E-state index in [0.717, 1.165) is 6.20 Å². The van der Waals surface area contributed by atoms with Crippen LogP contribution in [0, 0.1) is 11.6 Å². The maximum Gasteiger partial charge on any atom is 0.317 e. The van der Waals surface area contributed by atoms with Crippen molar-refractivity contribution < 1.29 is 23.4 Å². The number of carboxylic acid groups (broad SMARTS) is 1. The summed E-state index contributed by atoms with van der Waals surface area (Å²) in [5, 5.41) is 10.1. The van der Waals surface area contributed by atoms with Gasteiger partial charge in [-0.25, -0.2) is 18.7 Å². The lowest BCUT2D eigenvalue weighted by molar-refractivity contribution is -0.147. The second-order valence-electron chi connectivity index (χ2n) is 7.38. The number of aliphatic carboxylic acids is 1. The first-order valence-corrected chi connectivity index (χ1v) is 9.51. The lowest BCUT2D eigenvalue weighted by Gasteiger charge is -2.43. The Labute approximate surface area is 171 Å². The Balaban J connectivity index is 1.70. The summed E-state index contributed by atoms with van der Waals surface area (Å²) in [6.45, 7) is 0. The van der Waals surface area contributed by atoms with Crippen LogP contribution in [-0.4, -0.2) is 26.0 Å². The molecule has 1 N–H and O–H groups in total. The van der Waals surface area contributed by atoms with Crippen LogP contribution < -0.4 is 4.74 Å². The molecule has 6 nitrogen and oxygen atoms in total. The van der Waals surface area contributed by atoms with Gasteiger partial charge in [0.25, 0.3) is 0 Å². The standard InChI is InChI=1S/C22H19F2N3O3/c23-16-4-2-15(3-5-16)21(19(28)29)8-10-22(11-9-21,18-7-6-17(24)14-27-18)30-20-25-12-1-13-26-20/h1-7,12-14H,8-11H2,(H,28,29)/t21-,22-. The smallest absolute Gasteiger partial charge is 0.317 e. The van der Waals surface area contributed by atoms with E-state index in [9.17, 15) is 18.7 Å². The molecule has 0 unspecified atom stereocenters. The molecule has 4 rings (SSSR count). The lowest BCUT2D eigenvalue weighted by atomic mass is 9.64. The van der Waals surface area contributed by atoms with Crippen LogP contribution in [0.3, 0.4) is 0 Å². The van der Waals surface area contributed by atoms with Gasteiger partial charge in [-0.3, -0.25) is 9.78 Å². The summed E-state index contributed by atoms with van der Waals surface area (Å²) < 4.78 is 33.0. The highest BCUT2D eigenvalue weighted by atomic mass is 19.1. The topological polar surface area (TPSA) is 85.2 Å². The Hall–Kier alpha value is -3.42. The normalized spacial score (nSPS) is 23.7. The first-order chi connectivity index (χ1) is 14.4. The van der Waals surface area contributed by atoms with E-state index < -0.39 is 28.6 Å². The van der Waals surface area contributed by atoms with E-state index in [1.807, 2.05) is 0 Å². The Morgan fingerprint density at radius 1 is 0.900 bits per heavy atom. The van der Waals surface area contributed by atoms with Gasteiger partial charge in [-0.1, -0.05) is 12.1 Å². The van der Waals surface area contributed by atoms with Gasteiger partial charge in [0.2, 0.25) is 0 Å². The minimum absolute atomic E-state index is 0.133. The van der Waals surface area contributed by atoms with E-state index >= 15 is 0 Å². The number of rotatable bonds is 5. The van der Waals surface area contributed by atoms with Crippen molar-refractivity contribution in [2.75, 3.05) is 0 Å². The molecular formula is C22H19F2N3O3. The summed E-state index contributed by atoms with van der Waals surface area (Å²) in [5.74, 6) is -1.89. The number of hydrogen-bond acceptors (Lipinski definition) is 5. The fourth-order valence-corrected chi connectivity index (χ4v) is 4.04. The van der Waals surface area contributed by atoms with Crippen molar-refractivity contribution in [2.24, 2.45) is 0 Å². The highest BCUT2D eigenvalue weighted by molar-refractivity contribution is 5.81. The molecule has 0 radical (unpaired) electrons. The van der Waals surface area contributed by atoms with E-state index in [1.54, 1.807) is 6.07 Å². The van der Waals surface area contributed by atoms with Gasteiger partial charge in [0.15, 0.2) is 5.60 Å². The molecule has 0 aliphatic heterocycles. The molecule has 8 heteroatoms. The zero-order valence-corrected chi connectivity index (χ0v) is 16.0. The van der Waals surface area contributed by atoms with E-state index in [1.165, 1.54) is 48.8 Å². The Morgan fingerprint density at radius 2 is 1.53 bits per heavy atom. The SMILES string of the molecule is O=C(O)[C@]1(c2ccc(F)cc2)CC[C@](Oc2ncccn2)(c2ccc(F)cn2)CC1. The molecule has 1 aliphatic carbocycles. The van der Waals surface area contributed by atoms with Crippen LogP contribution >= 0.6 is 0 Å². The zero-order valence-electron chi connectivity index (χ0n) is 16.0. The number of halogens is 2. The molecule has 0 bridgehead atoms. The van der Waals surface area contributed by atoms with Crippen LogP contribution in [-0.2, 0) is 15.8 Å². The molecule has 2 aromatic heterocycles. The molecule has 3 aromatic rings. The average Bonchev–Trinajstić information content (AvgIpc) is 2.76. The summed E-state index contributed by atoms with van der Waals surface area (Å²) in [5.41, 5.74) is -1.17. The molecule has 0 amide bonds. The van der Waals surface area contributed by atoms with E-state index in [0.29, 0.717) is 11.3 Å². The van der Waals surface area contributed by atoms with Crippen molar-refractivity contribution in [3.05, 3.63) is 83.9 Å². The van der Waals surface area contributed by atoms with Crippen molar-refractivity contribution in [1.29, 1.82) is 0 Å². The predicted octanol–water partition coefficient (Wildman–Crippen LogP) is 4.02. The summed E-state index contributed by atoms with van der Waals surface area (Å²) in [6.07, 6.45) is 5.19. The van der Waals surface area contributed by atoms with E-state index in [2.05, 4.69) is 15.0 Å². The van der Waals surface area contributed by atoms with Crippen molar-refractivity contribution in [2.45, 2.75) is 36.7 Å². The van der Waals surface area contributed by atoms with Gasteiger partial charge in [-0.15, -0.1) is 0 Å². The van der Waals surface area contributed by atoms with Crippen LogP contribution in [0.4, 0.5) is 8.78 Å². The molecule has 1 saturated carbocycles.